The number of nitrogens with two attached hydrogens (primary N) is 1. The van der Waals surface area contributed by atoms with Crippen LogP contribution in [0.5, 0.6) is 0 Å². The van der Waals surface area contributed by atoms with Crippen molar-refractivity contribution in [1.82, 2.24) is 10.1 Å². The first-order valence-electron chi connectivity index (χ1n) is 7.05. The molecule has 128 valence electrons. The zero-order valence-corrected chi connectivity index (χ0v) is 13.3. The quantitative estimate of drug-likeness (QED) is 0.723. The summed E-state index contributed by atoms with van der Waals surface area (Å²) < 4.78 is 31.3. The second kappa shape index (κ2) is 6.86. The highest BCUT2D eigenvalue weighted by Gasteiger charge is 2.12. The van der Waals surface area contributed by atoms with Crippen molar-refractivity contribution in [3.63, 3.8) is 0 Å². The van der Waals surface area contributed by atoms with Gasteiger partial charge in [-0.25, -0.2) is 8.78 Å². The molecule has 0 aliphatic carbocycles. The number of hydrogen-bond donors (Lipinski definition) is 2. The van der Waals surface area contributed by atoms with Crippen molar-refractivity contribution in [3.05, 3.63) is 64.5 Å². The van der Waals surface area contributed by atoms with E-state index in [1.165, 1.54) is 18.2 Å². The third-order valence-electron chi connectivity index (χ3n) is 3.32. The van der Waals surface area contributed by atoms with Crippen LogP contribution in [0.3, 0.4) is 0 Å². The van der Waals surface area contributed by atoms with E-state index in [-0.39, 0.29) is 28.8 Å². The lowest BCUT2D eigenvalue weighted by Gasteiger charge is -2.05. The van der Waals surface area contributed by atoms with Gasteiger partial charge in [-0.1, -0.05) is 16.8 Å². The Balaban J connectivity index is 1.70. The molecule has 0 aliphatic rings. The van der Waals surface area contributed by atoms with E-state index in [1.54, 1.807) is 6.07 Å². The average Bonchev–Trinajstić information content (AvgIpc) is 3.04. The minimum absolute atomic E-state index is 0.137. The maximum absolute atomic E-state index is 13.2. The molecule has 3 N–H and O–H groups in total. The summed E-state index contributed by atoms with van der Waals surface area (Å²) in [6, 6.07) is 7.98. The number of hydrogen-bond acceptors (Lipinski definition) is 5. The van der Waals surface area contributed by atoms with E-state index < -0.39 is 17.5 Å². The molecule has 2 aromatic carbocycles. The summed E-state index contributed by atoms with van der Waals surface area (Å²) in [6.45, 7) is 0.170. The number of carbonyl (C=O) groups excluding carboxylic acids is 1. The fourth-order valence-electron chi connectivity index (χ4n) is 2.08. The molecule has 0 radical (unpaired) electrons. The topological polar surface area (TPSA) is 94.0 Å². The highest BCUT2D eigenvalue weighted by Crippen LogP contribution is 2.22. The molecule has 25 heavy (non-hydrogen) atoms. The van der Waals surface area contributed by atoms with E-state index in [0.717, 1.165) is 12.1 Å². The van der Waals surface area contributed by atoms with Crippen molar-refractivity contribution in [3.8, 4) is 11.4 Å². The Morgan fingerprint density at radius 3 is 2.68 bits per heavy atom. The van der Waals surface area contributed by atoms with Gasteiger partial charge in [0.2, 0.25) is 17.6 Å². The minimum Gasteiger partial charge on any atom is -0.376 e. The molecule has 1 aromatic heterocycles. The van der Waals surface area contributed by atoms with Gasteiger partial charge in [-0.3, -0.25) is 4.79 Å². The fourth-order valence-corrected chi connectivity index (χ4v) is 2.36. The van der Waals surface area contributed by atoms with Crippen LogP contribution in [0.2, 0.25) is 5.02 Å². The van der Waals surface area contributed by atoms with Crippen molar-refractivity contribution in [2.24, 2.45) is 5.73 Å². The van der Waals surface area contributed by atoms with Gasteiger partial charge in [-0.05, 0) is 36.4 Å². The Hall–Kier alpha value is -3.00. The lowest BCUT2D eigenvalue weighted by molar-refractivity contribution is 0.100. The molecular formula is C16H11ClF2N4O2. The number of benzene rings is 2. The van der Waals surface area contributed by atoms with Crippen LogP contribution < -0.4 is 11.1 Å². The normalized spacial score (nSPS) is 10.7. The average molecular weight is 365 g/mol. The highest BCUT2D eigenvalue weighted by atomic mass is 35.5. The molecule has 0 aliphatic heterocycles. The summed E-state index contributed by atoms with van der Waals surface area (Å²) in [5, 5.41) is 6.92. The van der Waals surface area contributed by atoms with Crippen LogP contribution in [0.4, 0.5) is 14.5 Å². The summed E-state index contributed by atoms with van der Waals surface area (Å²) in [7, 11) is 0. The molecule has 1 heterocycles. The van der Waals surface area contributed by atoms with Crippen LogP contribution in [-0.2, 0) is 6.54 Å². The maximum atomic E-state index is 13.2. The maximum Gasteiger partial charge on any atom is 0.250 e. The molecular weight excluding hydrogens is 354 g/mol. The summed E-state index contributed by atoms with van der Waals surface area (Å²) in [4.78, 5) is 15.2. The molecule has 0 saturated heterocycles. The van der Waals surface area contributed by atoms with Crippen molar-refractivity contribution >= 4 is 23.2 Å². The summed E-state index contributed by atoms with van der Waals surface area (Å²) in [5.74, 6) is -2.20. The summed E-state index contributed by atoms with van der Waals surface area (Å²) in [6.07, 6.45) is 0. The van der Waals surface area contributed by atoms with Crippen molar-refractivity contribution in [2.75, 3.05) is 5.32 Å². The van der Waals surface area contributed by atoms with E-state index in [4.69, 9.17) is 21.9 Å². The second-order valence-electron chi connectivity index (χ2n) is 5.05. The third kappa shape index (κ3) is 3.74. The molecule has 0 fully saturated rings. The van der Waals surface area contributed by atoms with E-state index in [1.807, 2.05) is 0 Å². The third-order valence-corrected chi connectivity index (χ3v) is 3.64. The molecule has 3 rings (SSSR count). The van der Waals surface area contributed by atoms with E-state index >= 15 is 0 Å². The highest BCUT2D eigenvalue weighted by molar-refractivity contribution is 6.34. The van der Waals surface area contributed by atoms with Crippen LogP contribution in [-0.4, -0.2) is 16.0 Å². The number of primary amides is 1. The second-order valence-corrected chi connectivity index (χ2v) is 5.46. The molecule has 0 atom stereocenters. The number of halogens is 3. The zero-order valence-electron chi connectivity index (χ0n) is 12.6. The number of anilines is 1. The summed E-state index contributed by atoms with van der Waals surface area (Å²) in [5.41, 5.74) is 6.30. The fraction of sp³-hybridized carbons (Fsp3) is 0.0625. The predicted octanol–water partition coefficient (Wildman–Crippen LogP) is 3.38. The number of nitrogens with one attached hydrogen (secondary N) is 1. The first kappa shape index (κ1) is 16.8. The first-order valence-corrected chi connectivity index (χ1v) is 7.43. The van der Waals surface area contributed by atoms with Crippen LogP contribution >= 0.6 is 11.6 Å². The summed E-state index contributed by atoms with van der Waals surface area (Å²) >= 11 is 5.96. The Bertz CT molecular complexity index is 946. The van der Waals surface area contributed by atoms with Gasteiger partial charge in [-0.2, -0.15) is 4.98 Å². The van der Waals surface area contributed by atoms with Gasteiger partial charge in [-0.15, -0.1) is 0 Å². The van der Waals surface area contributed by atoms with Crippen molar-refractivity contribution in [1.29, 1.82) is 0 Å². The van der Waals surface area contributed by atoms with Gasteiger partial charge < -0.3 is 15.6 Å². The number of amides is 1. The molecule has 0 saturated carbocycles. The smallest absolute Gasteiger partial charge is 0.250 e. The molecule has 0 bridgehead atoms. The van der Waals surface area contributed by atoms with Crippen LogP contribution in [0.25, 0.3) is 11.4 Å². The number of aromatic nitrogens is 2. The van der Waals surface area contributed by atoms with E-state index in [9.17, 15) is 13.6 Å². The van der Waals surface area contributed by atoms with Gasteiger partial charge in [0.1, 0.15) is 0 Å². The molecule has 9 heteroatoms. The molecule has 6 nitrogen and oxygen atoms in total. The van der Waals surface area contributed by atoms with Crippen molar-refractivity contribution in [2.45, 2.75) is 6.54 Å². The number of rotatable bonds is 5. The van der Waals surface area contributed by atoms with Gasteiger partial charge in [0, 0.05) is 11.3 Å². The van der Waals surface area contributed by atoms with Crippen LogP contribution in [0, 0.1) is 11.6 Å². The van der Waals surface area contributed by atoms with Gasteiger partial charge in [0.25, 0.3) is 0 Å². The van der Waals surface area contributed by atoms with Crippen LogP contribution in [0.1, 0.15) is 16.2 Å². The lowest BCUT2D eigenvalue weighted by Crippen LogP contribution is -2.11. The van der Waals surface area contributed by atoms with Gasteiger partial charge >= 0.3 is 0 Å². The monoisotopic (exact) mass is 364 g/mol. The molecule has 0 unspecified atom stereocenters. The van der Waals surface area contributed by atoms with E-state index in [2.05, 4.69) is 15.5 Å². The molecule has 1 amide bonds. The Kier molecular flexibility index (Phi) is 4.62. The molecule has 3 aromatic rings. The SMILES string of the molecule is NC(=O)c1ccc(NCc2nc(-c3ccc(F)c(F)c3)no2)cc1Cl. The standard InChI is InChI=1S/C16H11ClF2N4O2/c17-11-6-9(2-3-10(11)15(20)24)21-7-14-22-16(23-25-14)8-1-4-12(18)13(19)5-8/h1-6,21H,7H2,(H2,20,24). The van der Waals surface area contributed by atoms with Gasteiger partial charge in [0.05, 0.1) is 17.1 Å². The van der Waals surface area contributed by atoms with Crippen LogP contribution in [0.15, 0.2) is 40.9 Å². The van der Waals surface area contributed by atoms with E-state index in [0.29, 0.717) is 11.3 Å². The zero-order chi connectivity index (χ0) is 18.0. The van der Waals surface area contributed by atoms with Crippen molar-refractivity contribution < 1.29 is 18.1 Å². The molecule has 0 spiro atoms. The number of nitrogens with zero attached hydrogens (tertiary/aromatic N) is 2. The predicted molar refractivity (Wildman–Crippen MR) is 86.9 cm³/mol. The van der Waals surface area contributed by atoms with Gasteiger partial charge in [0.15, 0.2) is 11.6 Å². The first-order chi connectivity index (χ1) is 11.9. The lowest BCUT2D eigenvalue weighted by atomic mass is 10.2. The number of carbonyl (C=O) groups is 1. The Morgan fingerprint density at radius 1 is 1.20 bits per heavy atom. The minimum atomic E-state index is -0.994. The Labute approximate surface area is 145 Å². The Morgan fingerprint density at radius 2 is 2.00 bits per heavy atom. The largest absolute Gasteiger partial charge is 0.376 e.